The maximum absolute atomic E-state index is 11.9. The van der Waals surface area contributed by atoms with Gasteiger partial charge in [-0.3, -0.25) is 4.79 Å². The van der Waals surface area contributed by atoms with Gasteiger partial charge in [-0.1, -0.05) is 39.5 Å². The summed E-state index contributed by atoms with van der Waals surface area (Å²) in [7, 11) is 0. The molecule has 3 fully saturated rings. The van der Waals surface area contributed by atoms with Crippen LogP contribution in [0.25, 0.3) is 0 Å². The smallest absolute Gasteiger partial charge is 0.306 e. The van der Waals surface area contributed by atoms with Crippen molar-refractivity contribution in [2.24, 2.45) is 29.6 Å². The third kappa shape index (κ3) is 6.23. The van der Waals surface area contributed by atoms with Crippen molar-refractivity contribution in [2.75, 3.05) is 0 Å². The first-order valence-corrected chi connectivity index (χ1v) is 12.4. The molecule has 3 aliphatic carbocycles. The van der Waals surface area contributed by atoms with Crippen molar-refractivity contribution in [1.82, 2.24) is 0 Å². The lowest BCUT2D eigenvalue weighted by molar-refractivity contribution is -0.151. The highest BCUT2D eigenvalue weighted by Crippen LogP contribution is 2.46. The van der Waals surface area contributed by atoms with E-state index >= 15 is 0 Å². The SMILES string of the molecule is CCCC(=O)OC1CCCC(C2CCC(C3CCC(CCC)CC3)CC2)C1. The quantitative estimate of drug-likeness (QED) is 0.436. The first kappa shape index (κ1) is 21.2. The lowest BCUT2D eigenvalue weighted by Crippen LogP contribution is -2.32. The number of hydrogen-bond acceptors (Lipinski definition) is 2. The molecule has 0 amide bonds. The first-order chi connectivity index (χ1) is 13.2. The fourth-order valence-electron chi connectivity index (χ4n) is 6.61. The van der Waals surface area contributed by atoms with E-state index < -0.39 is 0 Å². The fraction of sp³-hybridized carbons (Fsp3) is 0.960. The molecule has 0 aromatic carbocycles. The van der Waals surface area contributed by atoms with Crippen LogP contribution >= 0.6 is 0 Å². The topological polar surface area (TPSA) is 26.3 Å². The van der Waals surface area contributed by atoms with Gasteiger partial charge in [0.25, 0.3) is 0 Å². The minimum Gasteiger partial charge on any atom is -0.462 e. The second-order valence-electron chi connectivity index (χ2n) is 10.0. The van der Waals surface area contributed by atoms with Gasteiger partial charge in [0.2, 0.25) is 0 Å². The van der Waals surface area contributed by atoms with Crippen LogP contribution < -0.4 is 0 Å². The molecule has 0 heterocycles. The van der Waals surface area contributed by atoms with Gasteiger partial charge in [-0.2, -0.15) is 0 Å². The van der Waals surface area contributed by atoms with Crippen molar-refractivity contribution < 1.29 is 9.53 Å². The van der Waals surface area contributed by atoms with E-state index in [0.717, 1.165) is 48.9 Å². The molecule has 156 valence electrons. The zero-order valence-corrected chi connectivity index (χ0v) is 18.1. The summed E-state index contributed by atoms with van der Waals surface area (Å²) in [6.07, 6.45) is 21.3. The van der Waals surface area contributed by atoms with Crippen LogP contribution in [0.5, 0.6) is 0 Å². The molecular weight excluding hydrogens is 332 g/mol. The van der Waals surface area contributed by atoms with Crippen molar-refractivity contribution in [1.29, 1.82) is 0 Å². The van der Waals surface area contributed by atoms with Crippen LogP contribution in [-0.4, -0.2) is 12.1 Å². The predicted molar refractivity (Wildman–Crippen MR) is 113 cm³/mol. The number of ether oxygens (including phenoxy) is 1. The summed E-state index contributed by atoms with van der Waals surface area (Å²) >= 11 is 0. The predicted octanol–water partition coefficient (Wildman–Crippen LogP) is 7.30. The maximum atomic E-state index is 11.9. The second kappa shape index (κ2) is 10.9. The first-order valence-electron chi connectivity index (χ1n) is 12.4. The van der Waals surface area contributed by atoms with Gasteiger partial charge in [0, 0.05) is 6.42 Å². The van der Waals surface area contributed by atoms with E-state index in [4.69, 9.17) is 4.74 Å². The van der Waals surface area contributed by atoms with Crippen molar-refractivity contribution in [3.05, 3.63) is 0 Å². The van der Waals surface area contributed by atoms with Gasteiger partial charge in [-0.15, -0.1) is 0 Å². The largest absolute Gasteiger partial charge is 0.462 e. The minimum atomic E-state index is 0.0329. The van der Waals surface area contributed by atoms with E-state index in [2.05, 4.69) is 13.8 Å². The third-order valence-electron chi connectivity index (χ3n) is 8.16. The number of hydrogen-bond donors (Lipinski definition) is 0. The molecule has 0 spiro atoms. The molecule has 0 aliphatic heterocycles. The fourth-order valence-corrected chi connectivity index (χ4v) is 6.61. The Bertz CT molecular complexity index is 430. The van der Waals surface area contributed by atoms with E-state index in [1.165, 1.54) is 77.0 Å². The van der Waals surface area contributed by atoms with Crippen molar-refractivity contribution in [3.63, 3.8) is 0 Å². The molecule has 0 aromatic heterocycles. The monoisotopic (exact) mass is 376 g/mol. The second-order valence-corrected chi connectivity index (χ2v) is 10.0. The average Bonchev–Trinajstić information content (AvgIpc) is 2.69. The average molecular weight is 377 g/mol. The van der Waals surface area contributed by atoms with E-state index in [1.807, 2.05) is 0 Å². The summed E-state index contributed by atoms with van der Waals surface area (Å²) in [6, 6.07) is 0. The number of esters is 1. The van der Waals surface area contributed by atoms with Crippen LogP contribution in [-0.2, 0) is 9.53 Å². The molecule has 0 saturated heterocycles. The van der Waals surface area contributed by atoms with Crippen LogP contribution in [0.4, 0.5) is 0 Å². The Hall–Kier alpha value is -0.530. The summed E-state index contributed by atoms with van der Waals surface area (Å²) < 4.78 is 5.76. The molecule has 2 nitrogen and oxygen atoms in total. The van der Waals surface area contributed by atoms with Gasteiger partial charge in [0.05, 0.1) is 0 Å². The van der Waals surface area contributed by atoms with Crippen LogP contribution in [0.3, 0.4) is 0 Å². The van der Waals surface area contributed by atoms with Crippen molar-refractivity contribution in [2.45, 2.75) is 123 Å². The number of rotatable bonds is 7. The summed E-state index contributed by atoms with van der Waals surface area (Å²) in [5, 5.41) is 0. The Labute approximate surface area is 168 Å². The van der Waals surface area contributed by atoms with E-state index in [0.29, 0.717) is 6.42 Å². The summed E-state index contributed by atoms with van der Waals surface area (Å²) in [5.41, 5.74) is 0. The molecule has 0 N–H and O–H groups in total. The lowest BCUT2D eigenvalue weighted by atomic mass is 9.65. The van der Waals surface area contributed by atoms with Gasteiger partial charge in [-0.25, -0.2) is 0 Å². The third-order valence-corrected chi connectivity index (χ3v) is 8.16. The maximum Gasteiger partial charge on any atom is 0.306 e. The highest BCUT2D eigenvalue weighted by molar-refractivity contribution is 5.69. The van der Waals surface area contributed by atoms with Gasteiger partial charge >= 0.3 is 5.97 Å². The molecule has 27 heavy (non-hydrogen) atoms. The molecule has 3 rings (SSSR count). The number of carbonyl (C=O) groups excluding carboxylic acids is 1. The summed E-state index contributed by atoms with van der Waals surface area (Å²) in [4.78, 5) is 11.9. The molecule has 0 radical (unpaired) electrons. The van der Waals surface area contributed by atoms with Crippen molar-refractivity contribution >= 4 is 5.97 Å². The molecule has 0 aromatic rings. The molecular formula is C25H44O2. The van der Waals surface area contributed by atoms with Gasteiger partial charge in [-0.05, 0) is 100 Å². The normalized spacial score (nSPS) is 37.7. The van der Waals surface area contributed by atoms with Gasteiger partial charge < -0.3 is 4.74 Å². The molecule has 2 unspecified atom stereocenters. The molecule has 3 saturated carbocycles. The molecule has 2 heteroatoms. The summed E-state index contributed by atoms with van der Waals surface area (Å²) in [6.45, 7) is 4.40. The molecule has 0 bridgehead atoms. The van der Waals surface area contributed by atoms with Crippen LogP contribution in [0.15, 0.2) is 0 Å². The summed E-state index contributed by atoms with van der Waals surface area (Å²) in [5.74, 6) is 4.85. The van der Waals surface area contributed by atoms with E-state index in [9.17, 15) is 4.79 Å². The Morgan fingerprint density at radius 1 is 0.741 bits per heavy atom. The lowest BCUT2D eigenvalue weighted by Gasteiger charge is -2.41. The Balaban J connectivity index is 1.39. The molecule has 2 atom stereocenters. The van der Waals surface area contributed by atoms with E-state index in [-0.39, 0.29) is 12.1 Å². The minimum absolute atomic E-state index is 0.0329. The van der Waals surface area contributed by atoms with Crippen LogP contribution in [0.1, 0.15) is 117 Å². The molecule has 3 aliphatic rings. The standard InChI is InChI=1S/C25H44O2/c1-3-6-19-10-12-20(13-11-19)21-14-16-22(17-15-21)23-8-5-9-24(18-23)27-25(26)7-4-2/h19-24H,3-18H2,1-2H3. The zero-order valence-electron chi connectivity index (χ0n) is 18.1. The van der Waals surface area contributed by atoms with Crippen molar-refractivity contribution in [3.8, 4) is 0 Å². The van der Waals surface area contributed by atoms with Gasteiger partial charge in [0.15, 0.2) is 0 Å². The van der Waals surface area contributed by atoms with E-state index in [1.54, 1.807) is 0 Å². The highest BCUT2D eigenvalue weighted by Gasteiger charge is 2.35. The Kier molecular flexibility index (Phi) is 8.52. The highest BCUT2D eigenvalue weighted by atomic mass is 16.5. The Morgan fingerprint density at radius 2 is 1.33 bits per heavy atom. The zero-order chi connectivity index (χ0) is 19.1. The number of carbonyl (C=O) groups is 1. The van der Waals surface area contributed by atoms with Gasteiger partial charge in [0.1, 0.15) is 6.10 Å². The van der Waals surface area contributed by atoms with Crippen LogP contribution in [0, 0.1) is 29.6 Å². The Morgan fingerprint density at radius 3 is 1.93 bits per heavy atom. The van der Waals surface area contributed by atoms with Crippen LogP contribution in [0.2, 0.25) is 0 Å².